The molecule has 3 heterocycles. The third-order valence-corrected chi connectivity index (χ3v) is 9.31. The second kappa shape index (κ2) is 8.59. The first-order valence-electron chi connectivity index (χ1n) is 13.1. The van der Waals surface area contributed by atoms with Crippen molar-refractivity contribution in [1.82, 2.24) is 5.32 Å². The topological polar surface area (TPSA) is 114 Å². The predicted octanol–water partition coefficient (Wildman–Crippen LogP) is 2.96. The van der Waals surface area contributed by atoms with E-state index in [-0.39, 0.29) is 18.6 Å². The lowest BCUT2D eigenvalue weighted by Crippen LogP contribution is -2.77. The summed E-state index contributed by atoms with van der Waals surface area (Å²) in [6.07, 6.45) is 3.39. The van der Waals surface area contributed by atoms with Crippen LogP contribution in [-0.2, 0) is 29.2 Å². The molecule has 3 aliphatic heterocycles. The summed E-state index contributed by atoms with van der Waals surface area (Å²) < 4.78 is 41.8. The Bertz CT molecular complexity index is 1380. The van der Waals surface area contributed by atoms with Crippen molar-refractivity contribution in [2.24, 2.45) is 0 Å². The van der Waals surface area contributed by atoms with Gasteiger partial charge < -0.3 is 43.6 Å². The molecule has 0 radical (unpaired) electrons. The van der Waals surface area contributed by atoms with Gasteiger partial charge in [0, 0.05) is 32.1 Å². The van der Waals surface area contributed by atoms with E-state index in [0.717, 1.165) is 24.1 Å². The van der Waals surface area contributed by atoms with Gasteiger partial charge >= 0.3 is 5.97 Å². The van der Waals surface area contributed by atoms with E-state index in [1.54, 1.807) is 32.4 Å². The summed E-state index contributed by atoms with van der Waals surface area (Å²) in [5, 5.41) is 13.8. The minimum atomic E-state index is -1.19. The lowest BCUT2D eigenvalue weighted by atomic mass is 9.51. The van der Waals surface area contributed by atoms with E-state index in [1.807, 2.05) is 6.07 Å². The van der Waals surface area contributed by atoms with Crippen LogP contribution in [-0.4, -0.2) is 69.3 Å². The zero-order chi connectivity index (χ0) is 27.0. The molecule has 2 N–H and O–H groups in total. The van der Waals surface area contributed by atoms with E-state index in [4.69, 9.17) is 33.2 Å². The van der Waals surface area contributed by atoms with Crippen molar-refractivity contribution >= 4 is 12.0 Å². The first-order valence-corrected chi connectivity index (χ1v) is 13.1. The van der Waals surface area contributed by atoms with Crippen molar-refractivity contribution in [3.05, 3.63) is 53.1 Å². The minimum Gasteiger partial charge on any atom is -0.504 e. The molecule has 206 valence electrons. The SMILES string of the molecule is COc1ccc(C=CC(=O)OC2CC34CCNC35CC(OC5(OC)C2OC)c2cc3c(cc24)OCO3)cc1O. The molecule has 7 rings (SSSR count). The van der Waals surface area contributed by atoms with E-state index in [1.165, 1.54) is 19.3 Å². The fraction of sp³-hybridized carbons (Fsp3) is 0.483. The molecule has 6 unspecified atom stereocenters. The number of esters is 1. The molecule has 2 aromatic carbocycles. The maximum Gasteiger partial charge on any atom is 0.331 e. The second-order valence-corrected chi connectivity index (χ2v) is 10.7. The maximum absolute atomic E-state index is 13.1. The number of ether oxygens (including phenoxy) is 7. The van der Waals surface area contributed by atoms with Crippen molar-refractivity contribution in [3.63, 3.8) is 0 Å². The van der Waals surface area contributed by atoms with Gasteiger partial charge in [-0.15, -0.1) is 0 Å². The van der Waals surface area contributed by atoms with Crippen molar-refractivity contribution in [2.75, 3.05) is 34.7 Å². The molecule has 5 aliphatic rings. The summed E-state index contributed by atoms with van der Waals surface area (Å²) in [7, 11) is 4.70. The number of rotatable bonds is 6. The Kier molecular flexibility index (Phi) is 5.44. The predicted molar refractivity (Wildman–Crippen MR) is 137 cm³/mol. The van der Waals surface area contributed by atoms with Crippen molar-refractivity contribution < 1.29 is 43.1 Å². The number of phenolic OH excluding ortho intramolecular Hbond substituents is 1. The van der Waals surface area contributed by atoms with Crippen LogP contribution in [0.2, 0.25) is 0 Å². The number of hydrogen-bond donors (Lipinski definition) is 2. The molecule has 0 amide bonds. The van der Waals surface area contributed by atoms with Crippen molar-refractivity contribution in [1.29, 1.82) is 0 Å². The molecule has 2 bridgehead atoms. The Hall–Kier alpha value is -3.31. The molecule has 10 heteroatoms. The zero-order valence-corrected chi connectivity index (χ0v) is 22.0. The van der Waals surface area contributed by atoms with Gasteiger partial charge in [-0.05, 0) is 66.4 Å². The van der Waals surface area contributed by atoms with E-state index in [9.17, 15) is 9.90 Å². The summed E-state index contributed by atoms with van der Waals surface area (Å²) in [4.78, 5) is 13.1. The van der Waals surface area contributed by atoms with E-state index >= 15 is 0 Å². The van der Waals surface area contributed by atoms with Gasteiger partial charge in [0.25, 0.3) is 0 Å². The highest BCUT2D eigenvalue weighted by atomic mass is 16.7. The average Bonchev–Trinajstić information content (AvgIpc) is 3.64. The number of methoxy groups -OCH3 is 3. The van der Waals surface area contributed by atoms with Crippen LogP contribution in [0.4, 0.5) is 0 Å². The first kappa shape index (κ1) is 24.7. The number of benzene rings is 2. The highest BCUT2D eigenvalue weighted by molar-refractivity contribution is 5.87. The molecule has 0 aromatic heterocycles. The number of aromatic hydroxyl groups is 1. The molecule has 1 spiro atoms. The van der Waals surface area contributed by atoms with Gasteiger partial charge in [-0.25, -0.2) is 4.79 Å². The first-order chi connectivity index (χ1) is 18.9. The number of phenols is 1. The van der Waals surface area contributed by atoms with Gasteiger partial charge in [0.15, 0.2) is 23.0 Å². The fourth-order valence-electron chi connectivity index (χ4n) is 7.85. The standard InChI is InChI=1S/C29H31NO9/c1-33-20-6-4-16(10-19(20)31)5-7-25(32)38-24-13-27-8-9-30-28(27)14-23(39-29(28,35-3)26(24)34-2)17-11-21-22(12-18(17)27)37-15-36-21/h4-7,10-12,23-24,26,30-31H,8-9,13-15H2,1-3H3. The van der Waals surface area contributed by atoms with E-state index in [2.05, 4.69) is 11.4 Å². The monoisotopic (exact) mass is 537 g/mol. The molecule has 1 saturated carbocycles. The summed E-state index contributed by atoms with van der Waals surface area (Å²) >= 11 is 0. The fourth-order valence-corrected chi connectivity index (χ4v) is 7.85. The van der Waals surface area contributed by atoms with Crippen LogP contribution < -0.4 is 19.5 Å². The van der Waals surface area contributed by atoms with Crippen molar-refractivity contribution in [2.45, 2.75) is 54.3 Å². The summed E-state index contributed by atoms with van der Waals surface area (Å²) in [5.74, 6) is 0.0372. The van der Waals surface area contributed by atoms with Gasteiger partial charge in [0.1, 0.15) is 12.2 Å². The van der Waals surface area contributed by atoms with E-state index in [0.29, 0.717) is 35.7 Å². The van der Waals surface area contributed by atoms with Crippen LogP contribution in [0, 0.1) is 0 Å². The smallest absolute Gasteiger partial charge is 0.331 e. The Morgan fingerprint density at radius 2 is 1.95 bits per heavy atom. The van der Waals surface area contributed by atoms with Gasteiger partial charge in [0.2, 0.25) is 12.6 Å². The van der Waals surface area contributed by atoms with Crippen LogP contribution in [0.15, 0.2) is 36.4 Å². The summed E-state index contributed by atoms with van der Waals surface area (Å²) in [6, 6.07) is 8.99. The lowest BCUT2D eigenvalue weighted by molar-refractivity contribution is -0.328. The summed E-state index contributed by atoms with van der Waals surface area (Å²) in [6.45, 7) is 0.944. The lowest BCUT2D eigenvalue weighted by Gasteiger charge is -2.59. The van der Waals surface area contributed by atoms with Gasteiger partial charge in [-0.1, -0.05) is 6.07 Å². The highest BCUT2D eigenvalue weighted by Crippen LogP contribution is 2.70. The molecule has 2 aliphatic carbocycles. The second-order valence-electron chi connectivity index (χ2n) is 10.7. The Labute approximate surface area is 225 Å². The number of carbonyl (C=O) groups excluding carboxylic acids is 1. The molecule has 6 atom stereocenters. The Balaban J connectivity index is 1.26. The van der Waals surface area contributed by atoms with Crippen LogP contribution in [0.5, 0.6) is 23.0 Å². The molecular formula is C29H31NO9. The van der Waals surface area contributed by atoms with E-state index < -0.39 is 34.9 Å². The number of hydrogen-bond acceptors (Lipinski definition) is 10. The minimum absolute atomic E-state index is 0.0142. The van der Waals surface area contributed by atoms with Gasteiger partial charge in [-0.3, -0.25) is 0 Å². The Morgan fingerprint density at radius 3 is 2.69 bits per heavy atom. The van der Waals surface area contributed by atoms with Crippen LogP contribution in [0.3, 0.4) is 0 Å². The molecule has 39 heavy (non-hydrogen) atoms. The largest absolute Gasteiger partial charge is 0.504 e. The maximum atomic E-state index is 13.1. The third kappa shape index (κ3) is 3.14. The Morgan fingerprint density at radius 1 is 1.13 bits per heavy atom. The average molecular weight is 538 g/mol. The normalized spacial score (nSPS) is 35.1. The number of nitrogens with one attached hydrogen (secondary N) is 1. The molecule has 10 nitrogen and oxygen atoms in total. The van der Waals surface area contributed by atoms with Gasteiger partial charge in [-0.2, -0.15) is 0 Å². The van der Waals surface area contributed by atoms with Crippen LogP contribution in [0.1, 0.15) is 42.1 Å². The quantitative estimate of drug-likeness (QED) is 0.421. The van der Waals surface area contributed by atoms with Crippen LogP contribution >= 0.6 is 0 Å². The zero-order valence-electron chi connectivity index (χ0n) is 22.0. The third-order valence-electron chi connectivity index (χ3n) is 9.31. The number of carbonyl (C=O) groups is 1. The van der Waals surface area contributed by atoms with Gasteiger partial charge in [0.05, 0.1) is 18.8 Å². The van der Waals surface area contributed by atoms with Crippen molar-refractivity contribution in [3.8, 4) is 23.0 Å². The molecule has 3 fully saturated rings. The van der Waals surface area contributed by atoms with Crippen LogP contribution in [0.25, 0.3) is 6.08 Å². The summed E-state index contributed by atoms with van der Waals surface area (Å²) in [5.41, 5.74) is 1.79. The molecule has 2 saturated heterocycles. The highest BCUT2D eigenvalue weighted by Gasteiger charge is 2.81. The number of fused-ring (bicyclic) bond motifs is 4. The molecule has 2 aromatic rings. The molecular weight excluding hydrogens is 506 g/mol.